The SMILES string of the molecule is CC(C)NCC(O)COCC1COc2ccc(Cl)cc2O1. The first-order valence-corrected chi connectivity index (χ1v) is 7.50. The Labute approximate surface area is 130 Å². The average Bonchev–Trinajstić information content (AvgIpc) is 2.44. The zero-order valence-corrected chi connectivity index (χ0v) is 13.1. The molecule has 0 amide bonds. The summed E-state index contributed by atoms with van der Waals surface area (Å²) in [6.45, 7) is 5.63. The van der Waals surface area contributed by atoms with Crippen molar-refractivity contribution < 1.29 is 19.3 Å². The average molecular weight is 316 g/mol. The van der Waals surface area contributed by atoms with Gasteiger partial charge < -0.3 is 24.6 Å². The molecule has 1 aromatic carbocycles. The summed E-state index contributed by atoms with van der Waals surface area (Å²) in [5.74, 6) is 1.32. The van der Waals surface area contributed by atoms with Crippen LogP contribution in [0.2, 0.25) is 5.02 Å². The number of rotatable bonds is 7. The van der Waals surface area contributed by atoms with Crippen LogP contribution in [0.3, 0.4) is 0 Å². The zero-order valence-electron chi connectivity index (χ0n) is 12.3. The highest BCUT2D eigenvalue weighted by Crippen LogP contribution is 2.33. The van der Waals surface area contributed by atoms with E-state index in [9.17, 15) is 5.11 Å². The number of aliphatic hydroxyl groups excluding tert-OH is 1. The molecule has 2 rings (SSSR count). The number of halogens is 1. The Morgan fingerprint density at radius 3 is 3.00 bits per heavy atom. The Morgan fingerprint density at radius 2 is 2.24 bits per heavy atom. The molecule has 0 aliphatic carbocycles. The Kier molecular flexibility index (Phi) is 6.11. The predicted molar refractivity (Wildman–Crippen MR) is 81.3 cm³/mol. The highest BCUT2D eigenvalue weighted by atomic mass is 35.5. The van der Waals surface area contributed by atoms with Crippen LogP contribution in [0.5, 0.6) is 11.5 Å². The lowest BCUT2D eigenvalue weighted by molar-refractivity contribution is -0.0214. The van der Waals surface area contributed by atoms with E-state index in [1.807, 2.05) is 13.8 Å². The standard InChI is InChI=1S/C15H22ClNO4/c1-10(2)17-6-12(18)7-19-8-13-9-20-14-4-3-11(16)5-15(14)21-13/h3-5,10,12-13,17-18H,6-9H2,1-2H3. The van der Waals surface area contributed by atoms with Crippen LogP contribution < -0.4 is 14.8 Å². The minimum absolute atomic E-state index is 0.193. The fourth-order valence-corrected chi connectivity index (χ4v) is 2.10. The van der Waals surface area contributed by atoms with Crippen LogP contribution in [-0.2, 0) is 4.74 Å². The molecule has 1 aliphatic rings. The molecule has 6 heteroatoms. The van der Waals surface area contributed by atoms with E-state index in [-0.39, 0.29) is 12.7 Å². The summed E-state index contributed by atoms with van der Waals surface area (Å²) >= 11 is 5.92. The summed E-state index contributed by atoms with van der Waals surface area (Å²) in [4.78, 5) is 0. The minimum atomic E-state index is -0.529. The molecule has 0 fully saturated rings. The quantitative estimate of drug-likeness (QED) is 0.804. The summed E-state index contributed by atoms with van der Waals surface area (Å²) in [7, 11) is 0. The van der Waals surface area contributed by atoms with Gasteiger partial charge in [-0.05, 0) is 12.1 Å². The lowest BCUT2D eigenvalue weighted by atomic mass is 10.2. The van der Waals surface area contributed by atoms with Gasteiger partial charge in [-0.15, -0.1) is 0 Å². The number of benzene rings is 1. The molecule has 2 unspecified atom stereocenters. The third-order valence-corrected chi connectivity index (χ3v) is 3.23. The van der Waals surface area contributed by atoms with Crippen molar-refractivity contribution in [3.8, 4) is 11.5 Å². The Bertz CT molecular complexity index is 455. The van der Waals surface area contributed by atoms with Gasteiger partial charge in [-0.25, -0.2) is 0 Å². The maximum absolute atomic E-state index is 9.74. The molecule has 0 saturated heterocycles. The van der Waals surface area contributed by atoms with Gasteiger partial charge in [0, 0.05) is 23.7 Å². The Hall–Kier alpha value is -1.01. The number of ether oxygens (including phenoxy) is 3. The largest absolute Gasteiger partial charge is 0.486 e. The first-order chi connectivity index (χ1) is 10.0. The van der Waals surface area contributed by atoms with Crippen LogP contribution in [0.15, 0.2) is 18.2 Å². The van der Waals surface area contributed by atoms with Gasteiger partial charge in [0.25, 0.3) is 0 Å². The van der Waals surface area contributed by atoms with Crippen molar-refractivity contribution >= 4 is 11.6 Å². The molecule has 0 radical (unpaired) electrons. The van der Waals surface area contributed by atoms with Crippen molar-refractivity contribution in [2.24, 2.45) is 0 Å². The second-order valence-corrected chi connectivity index (χ2v) is 5.83. The van der Waals surface area contributed by atoms with Crippen LogP contribution in [-0.4, -0.2) is 49.7 Å². The van der Waals surface area contributed by atoms with Gasteiger partial charge in [0.1, 0.15) is 6.61 Å². The zero-order chi connectivity index (χ0) is 15.2. The predicted octanol–water partition coefficient (Wildman–Crippen LogP) is 1.86. The van der Waals surface area contributed by atoms with Crippen LogP contribution in [0.25, 0.3) is 0 Å². The van der Waals surface area contributed by atoms with Gasteiger partial charge in [-0.3, -0.25) is 0 Å². The fraction of sp³-hybridized carbons (Fsp3) is 0.600. The van der Waals surface area contributed by atoms with Gasteiger partial charge in [0.15, 0.2) is 17.6 Å². The van der Waals surface area contributed by atoms with Gasteiger partial charge in [-0.2, -0.15) is 0 Å². The molecule has 0 aromatic heterocycles. The lowest BCUT2D eigenvalue weighted by Crippen LogP contribution is -2.37. The third-order valence-electron chi connectivity index (χ3n) is 3.00. The molecule has 21 heavy (non-hydrogen) atoms. The van der Waals surface area contributed by atoms with Crippen LogP contribution in [0, 0.1) is 0 Å². The maximum atomic E-state index is 9.74. The first-order valence-electron chi connectivity index (χ1n) is 7.13. The molecule has 118 valence electrons. The van der Waals surface area contributed by atoms with Gasteiger partial charge in [0.05, 0.1) is 19.3 Å². The molecule has 1 aliphatic heterocycles. The fourth-order valence-electron chi connectivity index (χ4n) is 1.94. The lowest BCUT2D eigenvalue weighted by Gasteiger charge is -2.26. The van der Waals surface area contributed by atoms with Crippen molar-refractivity contribution in [1.82, 2.24) is 5.32 Å². The molecule has 1 heterocycles. The van der Waals surface area contributed by atoms with Gasteiger partial charge >= 0.3 is 0 Å². The van der Waals surface area contributed by atoms with E-state index < -0.39 is 6.10 Å². The minimum Gasteiger partial charge on any atom is -0.486 e. The molecule has 0 saturated carbocycles. The Morgan fingerprint density at radius 1 is 1.43 bits per heavy atom. The van der Waals surface area contributed by atoms with Gasteiger partial charge in [0.2, 0.25) is 0 Å². The second kappa shape index (κ2) is 7.84. The smallest absolute Gasteiger partial charge is 0.163 e. The van der Waals surface area contributed by atoms with Crippen molar-refractivity contribution in [2.75, 3.05) is 26.4 Å². The van der Waals surface area contributed by atoms with E-state index in [4.69, 9.17) is 25.8 Å². The van der Waals surface area contributed by atoms with Gasteiger partial charge in [-0.1, -0.05) is 25.4 Å². The van der Waals surface area contributed by atoms with Crippen molar-refractivity contribution in [2.45, 2.75) is 32.1 Å². The summed E-state index contributed by atoms with van der Waals surface area (Å²) in [5, 5.41) is 13.5. The van der Waals surface area contributed by atoms with E-state index in [0.29, 0.717) is 42.3 Å². The van der Waals surface area contributed by atoms with Crippen LogP contribution in [0.4, 0.5) is 0 Å². The van der Waals surface area contributed by atoms with E-state index in [1.165, 1.54) is 0 Å². The molecule has 1 aromatic rings. The van der Waals surface area contributed by atoms with E-state index in [0.717, 1.165) is 0 Å². The van der Waals surface area contributed by atoms with E-state index in [1.54, 1.807) is 18.2 Å². The highest BCUT2D eigenvalue weighted by Gasteiger charge is 2.21. The number of hydrogen-bond acceptors (Lipinski definition) is 5. The molecule has 0 bridgehead atoms. The second-order valence-electron chi connectivity index (χ2n) is 5.40. The monoisotopic (exact) mass is 315 g/mol. The molecule has 5 nitrogen and oxygen atoms in total. The number of hydrogen-bond donors (Lipinski definition) is 2. The van der Waals surface area contributed by atoms with Crippen LogP contribution >= 0.6 is 11.6 Å². The molecule has 2 atom stereocenters. The maximum Gasteiger partial charge on any atom is 0.163 e. The summed E-state index contributed by atoms with van der Waals surface area (Å²) in [6, 6.07) is 5.62. The summed E-state index contributed by atoms with van der Waals surface area (Å²) in [6.07, 6.45) is -0.722. The summed E-state index contributed by atoms with van der Waals surface area (Å²) < 4.78 is 16.8. The molecular formula is C15H22ClNO4. The molecule has 2 N–H and O–H groups in total. The van der Waals surface area contributed by atoms with E-state index in [2.05, 4.69) is 5.32 Å². The number of aliphatic hydroxyl groups is 1. The van der Waals surface area contributed by atoms with E-state index >= 15 is 0 Å². The third kappa shape index (κ3) is 5.36. The normalized spacial score (nSPS) is 18.8. The number of nitrogens with one attached hydrogen (secondary N) is 1. The molecule has 0 spiro atoms. The number of fused-ring (bicyclic) bond motifs is 1. The van der Waals surface area contributed by atoms with Crippen molar-refractivity contribution in [1.29, 1.82) is 0 Å². The topological polar surface area (TPSA) is 60.0 Å². The highest BCUT2D eigenvalue weighted by molar-refractivity contribution is 6.30. The summed E-state index contributed by atoms with van der Waals surface area (Å²) in [5.41, 5.74) is 0. The van der Waals surface area contributed by atoms with Crippen molar-refractivity contribution in [3.63, 3.8) is 0 Å². The molecular weight excluding hydrogens is 294 g/mol. The Balaban J connectivity index is 1.71. The van der Waals surface area contributed by atoms with Crippen molar-refractivity contribution in [3.05, 3.63) is 23.2 Å². The van der Waals surface area contributed by atoms with Crippen LogP contribution in [0.1, 0.15) is 13.8 Å². The first kappa shape index (κ1) is 16.4.